The van der Waals surface area contributed by atoms with Crippen LogP contribution in [0.4, 0.5) is 0 Å². The zero-order valence-electron chi connectivity index (χ0n) is 52.5. The molecule has 0 aliphatic heterocycles. The number of rotatable bonds is 39. The van der Waals surface area contributed by atoms with E-state index in [-0.39, 0.29) is 74.6 Å². The summed E-state index contributed by atoms with van der Waals surface area (Å²) in [6.45, 7) is -1.53. The fourth-order valence-corrected chi connectivity index (χ4v) is 9.72. The summed E-state index contributed by atoms with van der Waals surface area (Å²) in [6, 6.07) is 7.09. The monoisotopic (exact) mass is 1360 g/mol. The van der Waals surface area contributed by atoms with Gasteiger partial charge >= 0.3 is 11.9 Å². The van der Waals surface area contributed by atoms with Crippen LogP contribution in [-0.4, -0.2) is 215 Å². The second-order valence-corrected chi connectivity index (χ2v) is 22.6. The first-order valence-electron chi connectivity index (χ1n) is 29.9. The van der Waals surface area contributed by atoms with Crippen molar-refractivity contribution in [3.05, 3.63) is 120 Å². The van der Waals surface area contributed by atoms with Crippen LogP contribution in [0.25, 0.3) is 10.9 Å². The number of phenols is 1. The molecule has 0 fully saturated rings. The molecule has 5 rings (SSSR count). The van der Waals surface area contributed by atoms with E-state index >= 15 is 0 Å². The molecule has 3 aromatic carbocycles. The van der Waals surface area contributed by atoms with Gasteiger partial charge in [-0.05, 0) is 72.6 Å². The zero-order chi connectivity index (χ0) is 70.9. The number of carboxylic acids is 3. The summed E-state index contributed by atoms with van der Waals surface area (Å²) in [6.07, 6.45) is 3.56. The third-order valence-electron chi connectivity index (χ3n) is 14.1. The van der Waals surface area contributed by atoms with Crippen molar-refractivity contribution in [2.45, 2.75) is 119 Å². The van der Waals surface area contributed by atoms with E-state index in [9.17, 15) is 78.3 Å². The normalized spacial score (nSPS) is 13.6. The first-order chi connectivity index (χ1) is 45.7. The lowest BCUT2D eigenvalue weighted by atomic mass is 10.0. The number of benzene rings is 3. The summed E-state index contributed by atoms with van der Waals surface area (Å²) in [5.41, 5.74) is 19.3. The molecule has 0 unspecified atom stereocenters. The van der Waals surface area contributed by atoms with E-state index < -0.39 is 158 Å². The summed E-state index contributed by atoms with van der Waals surface area (Å²) in [4.78, 5) is 173. The van der Waals surface area contributed by atoms with E-state index in [1.807, 2.05) is 0 Å². The topological polar surface area (TPSA) is 569 Å². The van der Waals surface area contributed by atoms with Gasteiger partial charge in [0.05, 0.1) is 19.5 Å². The average molecular weight is 1360 g/mol. The van der Waals surface area contributed by atoms with Gasteiger partial charge in [-0.15, -0.1) is 0 Å². The number of aromatic hydroxyl groups is 1. The third kappa shape index (κ3) is 27.5. The lowest BCUT2D eigenvalue weighted by molar-refractivity contribution is -0.139. The summed E-state index contributed by atoms with van der Waals surface area (Å²) in [5, 5.41) is 79.4. The Hall–Kier alpha value is -10.7. The van der Waals surface area contributed by atoms with E-state index in [0.717, 1.165) is 6.92 Å². The van der Waals surface area contributed by atoms with Crippen LogP contribution in [0.15, 0.2) is 103 Å². The minimum absolute atomic E-state index is 0.0119. The number of aliphatic carboxylic acids is 3. The number of imidazole rings is 1. The number of phenolic OH excluding ortho intramolecular Hbond substituents is 1. The highest BCUT2D eigenvalue weighted by atomic mass is 32.2. The van der Waals surface area contributed by atoms with E-state index in [1.165, 1.54) is 48.6 Å². The molecule has 9 amide bonds. The number of aliphatic hydroxyl groups is 2. The number of H-pyrrole nitrogens is 2. The Balaban J connectivity index is 0.00000476. The number of carboxylic acid groups (broad SMARTS) is 3. The number of aromatic nitrogens is 3. The lowest BCUT2D eigenvalue weighted by Crippen LogP contribution is -2.61. The number of hydrogen-bond donors (Lipinski definition) is 20. The predicted octanol–water partition coefficient (Wildman–Crippen LogP) is -3.98. The number of hydrogen-bond acceptors (Lipinski definition) is 19. The molecule has 34 nitrogen and oxygen atoms in total. The quantitative estimate of drug-likeness (QED) is 0.0101. The molecule has 520 valence electrons. The van der Waals surface area contributed by atoms with Crippen molar-refractivity contribution in [1.29, 1.82) is 0 Å². The number of aromatic amines is 2. The average Bonchev–Trinajstić information content (AvgIpc) is 1.61. The van der Waals surface area contributed by atoms with Crippen LogP contribution >= 0.6 is 11.8 Å². The van der Waals surface area contributed by atoms with Crippen LogP contribution in [0.5, 0.6) is 5.75 Å². The molecule has 9 atom stereocenters. The summed E-state index contributed by atoms with van der Waals surface area (Å²) < 4.78 is 0. The second-order valence-electron chi connectivity index (χ2n) is 21.7. The van der Waals surface area contributed by atoms with Gasteiger partial charge in [-0.25, -0.2) is 4.98 Å². The highest BCUT2D eigenvalue weighted by Gasteiger charge is 2.36. The number of para-hydroxylation sites is 1. The lowest BCUT2D eigenvalue weighted by Gasteiger charge is -2.28. The molecular weight excluding hydrogens is 1280 g/mol. The predicted molar refractivity (Wildman–Crippen MR) is 348 cm³/mol. The molecule has 2 aromatic heterocycles. The molecular formula is C61H82N16O18S. The largest absolute Gasteiger partial charge is 0.508 e. The van der Waals surface area contributed by atoms with Crippen molar-refractivity contribution in [1.82, 2.24) is 62.8 Å². The van der Waals surface area contributed by atoms with Crippen LogP contribution < -0.4 is 65.1 Å². The SMILES string of the molecule is CC(=O)O.CSCC[C@H](NC(=O)[C@H](CO)NC(=O)[C@H](Cc1ccc(O)cc1)NC(=O)[C@@H](N)CO)C(=O)N[C@@H](CCC(=O)O)C(=O)N[C@@H](Cc1cnc[nH]1)C(=O)N[C@@H](Cc1ccccc1)C(=O)N[C@@H](CCCN=C(N)N)C(=O)N[C@@H](Cc1c[nH]c2ccccc12)C(=O)NCC(=O)O. The van der Waals surface area contributed by atoms with Crippen molar-refractivity contribution in [2.75, 3.05) is 38.3 Å². The summed E-state index contributed by atoms with van der Waals surface area (Å²) in [5.74, 6) is -12.6. The van der Waals surface area contributed by atoms with Gasteiger partial charge < -0.3 is 106 Å². The number of carbonyl (C=O) groups is 12. The number of amides is 9. The molecule has 0 aliphatic rings. The van der Waals surface area contributed by atoms with Crippen molar-refractivity contribution in [3.63, 3.8) is 0 Å². The second kappa shape index (κ2) is 40.5. The highest BCUT2D eigenvalue weighted by Crippen LogP contribution is 2.20. The standard InChI is InChI=1S/C59H78N16O16S.C2H4O2/c1-92-21-19-42(70-58(91)47(30-77)75-56(89)43(71-50(83)38(60)29-76)23-33-13-15-36(78)16-14-33)54(87)69-41(17-18-48(79)80)53(86)74-46(25-35-27-63-31-67-35)57(90)72-44(22-32-8-3-2-4-9-32)55(88)68-40(12-7-20-64-59(61)62)52(85)73-45(51(84)66-28-49(81)82)24-34-26-65-39-11-6-5-10-37(34)39;1-2(3)4/h2-6,8-11,13-16,26-27,31,38,40-47,65,76-78H,7,12,17-25,28-30,60H2,1H3,(H,63,67)(H,66,84)(H,68,88)(H,69,87)(H,70,91)(H,71,83)(H,72,90)(H,73,85)(H,74,86)(H,75,89)(H,79,80)(H,81,82)(H4,61,62,64);1H3,(H,3,4)/t38-,40-,41-,42-,43-,44-,45-,46-,47-;/m0./s1. The first-order valence-corrected chi connectivity index (χ1v) is 31.3. The van der Waals surface area contributed by atoms with Gasteiger partial charge in [-0.2, -0.15) is 11.8 Å². The van der Waals surface area contributed by atoms with E-state index in [2.05, 4.69) is 67.8 Å². The first kappa shape index (κ1) is 77.8. The van der Waals surface area contributed by atoms with E-state index in [1.54, 1.807) is 67.0 Å². The molecule has 5 aromatic rings. The highest BCUT2D eigenvalue weighted by molar-refractivity contribution is 7.98. The molecule has 0 aliphatic carbocycles. The van der Waals surface area contributed by atoms with Gasteiger partial charge in [0, 0.05) is 74.6 Å². The number of aliphatic imine (C=N–C) groups is 1. The number of carbonyl (C=O) groups excluding carboxylic acids is 9. The molecule has 0 saturated carbocycles. The minimum Gasteiger partial charge on any atom is -0.508 e. The Bertz CT molecular complexity index is 3440. The number of fused-ring (bicyclic) bond motifs is 1. The van der Waals surface area contributed by atoms with Crippen LogP contribution in [0.2, 0.25) is 0 Å². The maximum Gasteiger partial charge on any atom is 0.322 e. The van der Waals surface area contributed by atoms with Crippen LogP contribution in [0.1, 0.15) is 61.4 Å². The Morgan fingerprint density at radius 3 is 1.55 bits per heavy atom. The van der Waals surface area contributed by atoms with Crippen molar-refractivity contribution in [3.8, 4) is 5.75 Å². The van der Waals surface area contributed by atoms with Crippen molar-refractivity contribution >= 4 is 99.7 Å². The number of nitrogens with two attached hydrogens (primary N) is 3. The number of nitrogens with zero attached hydrogens (tertiary/aromatic N) is 2. The zero-order valence-corrected chi connectivity index (χ0v) is 53.3. The van der Waals surface area contributed by atoms with Gasteiger partial charge in [-0.3, -0.25) is 62.5 Å². The molecule has 23 N–H and O–H groups in total. The van der Waals surface area contributed by atoms with Crippen LogP contribution in [0, 0.1) is 0 Å². The molecule has 0 spiro atoms. The van der Waals surface area contributed by atoms with Gasteiger partial charge in [0.25, 0.3) is 5.97 Å². The third-order valence-corrected chi connectivity index (χ3v) is 14.8. The number of guanidine groups is 1. The number of thioether (sulfide) groups is 1. The number of nitrogens with one attached hydrogen (secondary N) is 11. The van der Waals surface area contributed by atoms with E-state index in [4.69, 9.17) is 27.1 Å². The smallest absolute Gasteiger partial charge is 0.322 e. The summed E-state index contributed by atoms with van der Waals surface area (Å²) in [7, 11) is 0. The Kier molecular flexibility index (Phi) is 32.8. The maximum absolute atomic E-state index is 14.8. The van der Waals surface area contributed by atoms with Gasteiger partial charge in [0.1, 0.15) is 66.7 Å². The number of aliphatic hydroxyl groups excluding tert-OH is 2. The van der Waals surface area contributed by atoms with E-state index in [0.29, 0.717) is 27.6 Å². The Labute approximate surface area is 553 Å². The van der Waals surface area contributed by atoms with Gasteiger partial charge in [-0.1, -0.05) is 60.7 Å². The Morgan fingerprint density at radius 1 is 0.552 bits per heavy atom. The molecule has 35 heteroatoms. The summed E-state index contributed by atoms with van der Waals surface area (Å²) >= 11 is 1.25. The van der Waals surface area contributed by atoms with Gasteiger partial charge in [0.2, 0.25) is 53.2 Å². The fraction of sp³-hybridized carbons (Fsp3) is 0.410. The molecule has 0 saturated heterocycles. The Morgan fingerprint density at radius 2 is 1.03 bits per heavy atom. The van der Waals surface area contributed by atoms with Gasteiger partial charge in [0.15, 0.2) is 5.96 Å². The van der Waals surface area contributed by atoms with Crippen molar-refractivity contribution in [2.24, 2.45) is 22.2 Å². The molecule has 0 bridgehead atoms. The van der Waals surface area contributed by atoms with Crippen molar-refractivity contribution < 1.29 is 88.2 Å². The molecule has 2 heterocycles. The molecule has 0 radical (unpaired) electrons. The maximum atomic E-state index is 14.8. The minimum atomic E-state index is -1.77. The fourth-order valence-electron chi connectivity index (χ4n) is 9.25. The molecule has 96 heavy (non-hydrogen) atoms. The van der Waals surface area contributed by atoms with Crippen LogP contribution in [0.3, 0.4) is 0 Å². The van der Waals surface area contributed by atoms with Crippen LogP contribution in [-0.2, 0) is 83.2 Å².